The summed E-state index contributed by atoms with van der Waals surface area (Å²) in [6.45, 7) is 8.54. The van der Waals surface area contributed by atoms with Gasteiger partial charge in [0.15, 0.2) is 12.1 Å². The average Bonchev–Trinajstić information content (AvgIpc) is 3.29. The highest BCUT2D eigenvalue weighted by Gasteiger charge is 2.48. The summed E-state index contributed by atoms with van der Waals surface area (Å²) in [5.41, 5.74) is 4.28. The van der Waals surface area contributed by atoms with Crippen LogP contribution < -0.4 is 10.2 Å². The second kappa shape index (κ2) is 6.50. The predicted octanol–water partition coefficient (Wildman–Crippen LogP) is 3.19. The third-order valence-corrected chi connectivity index (χ3v) is 5.75. The van der Waals surface area contributed by atoms with Crippen LogP contribution in [0.25, 0.3) is 0 Å². The van der Waals surface area contributed by atoms with Gasteiger partial charge in [0.05, 0.1) is 5.69 Å². The van der Waals surface area contributed by atoms with E-state index in [0.717, 1.165) is 31.0 Å². The number of hydroxylamine groups is 1. The number of aromatic nitrogens is 1. The number of ether oxygens (including phenoxy) is 1. The Bertz CT molecular complexity index is 696. The first-order valence-electron chi connectivity index (χ1n) is 9.71. The van der Waals surface area contributed by atoms with E-state index in [1.165, 1.54) is 31.2 Å². The molecular weight excluding hydrogens is 328 g/mol. The lowest BCUT2D eigenvalue weighted by Crippen LogP contribution is -2.48. The molecule has 2 unspecified atom stereocenters. The van der Waals surface area contributed by atoms with Gasteiger partial charge in [-0.1, -0.05) is 20.8 Å². The molecule has 3 aliphatic rings. The normalized spacial score (nSPS) is 29.6. The van der Waals surface area contributed by atoms with E-state index in [9.17, 15) is 0 Å². The van der Waals surface area contributed by atoms with Crippen molar-refractivity contribution >= 4 is 6.40 Å². The van der Waals surface area contributed by atoms with Crippen molar-refractivity contribution in [1.29, 1.82) is 0 Å². The second-order valence-corrected chi connectivity index (χ2v) is 8.94. The highest BCUT2D eigenvalue weighted by atomic mass is 16.7. The molecule has 1 saturated carbocycles. The molecule has 0 radical (unpaired) electrons. The quantitative estimate of drug-likeness (QED) is 0.896. The van der Waals surface area contributed by atoms with E-state index in [4.69, 9.17) is 14.6 Å². The third kappa shape index (κ3) is 3.21. The van der Waals surface area contributed by atoms with E-state index in [2.05, 4.69) is 49.3 Å². The molecule has 2 atom stereocenters. The van der Waals surface area contributed by atoms with E-state index >= 15 is 0 Å². The maximum Gasteiger partial charge on any atom is 0.198 e. The number of likely N-dealkylation sites (tertiary alicyclic amines) is 1. The standard InChI is InChI=1S/C20H30N4O2/c1-19(2,3)20(22-13-25-23-20)18-10-17(16(11-21-18)14-7-8-14)26-15-6-5-9-24(4)12-15/h10-11,13-15,23H,5-9,12H2,1-4H3. The largest absolute Gasteiger partial charge is 0.489 e. The van der Waals surface area contributed by atoms with E-state index in [1.807, 2.05) is 6.20 Å². The molecule has 1 aliphatic carbocycles. The minimum absolute atomic E-state index is 0.198. The van der Waals surface area contributed by atoms with Gasteiger partial charge in [0.25, 0.3) is 0 Å². The molecule has 1 aromatic heterocycles. The van der Waals surface area contributed by atoms with E-state index in [1.54, 1.807) is 0 Å². The molecule has 26 heavy (non-hydrogen) atoms. The summed E-state index contributed by atoms with van der Waals surface area (Å²) in [7, 11) is 2.17. The van der Waals surface area contributed by atoms with Gasteiger partial charge in [0, 0.05) is 29.8 Å². The lowest BCUT2D eigenvalue weighted by molar-refractivity contribution is 0.0369. The average molecular weight is 358 g/mol. The molecule has 6 heteroatoms. The van der Waals surface area contributed by atoms with Crippen LogP contribution in [0.2, 0.25) is 0 Å². The van der Waals surface area contributed by atoms with Crippen molar-refractivity contribution in [3.8, 4) is 5.75 Å². The van der Waals surface area contributed by atoms with Crippen LogP contribution in [-0.2, 0) is 10.5 Å². The summed E-state index contributed by atoms with van der Waals surface area (Å²) < 4.78 is 6.51. The topological polar surface area (TPSA) is 59.0 Å². The van der Waals surface area contributed by atoms with Crippen LogP contribution in [0.15, 0.2) is 17.3 Å². The van der Waals surface area contributed by atoms with Crippen molar-refractivity contribution in [3.05, 3.63) is 23.5 Å². The fourth-order valence-corrected chi connectivity index (χ4v) is 3.94. The fraction of sp³-hybridized carbons (Fsp3) is 0.700. The Morgan fingerprint density at radius 2 is 2.12 bits per heavy atom. The van der Waals surface area contributed by atoms with Gasteiger partial charge in [-0.05, 0) is 45.2 Å². The summed E-state index contributed by atoms with van der Waals surface area (Å²) in [5.74, 6) is 1.57. The van der Waals surface area contributed by atoms with Gasteiger partial charge in [0.2, 0.25) is 0 Å². The number of hydrogen-bond donors (Lipinski definition) is 1. The van der Waals surface area contributed by atoms with Crippen LogP contribution in [-0.4, -0.2) is 42.5 Å². The van der Waals surface area contributed by atoms with Gasteiger partial charge in [-0.3, -0.25) is 4.98 Å². The van der Waals surface area contributed by atoms with Gasteiger partial charge in [0.1, 0.15) is 11.9 Å². The van der Waals surface area contributed by atoms with Gasteiger partial charge in [-0.2, -0.15) is 0 Å². The maximum atomic E-state index is 6.51. The number of nitrogens with zero attached hydrogens (tertiary/aromatic N) is 3. The lowest BCUT2D eigenvalue weighted by atomic mass is 9.78. The van der Waals surface area contributed by atoms with Crippen LogP contribution >= 0.6 is 0 Å². The number of aliphatic imine (C=N–C) groups is 1. The first-order valence-corrected chi connectivity index (χ1v) is 9.71. The summed E-state index contributed by atoms with van der Waals surface area (Å²) in [6.07, 6.45) is 8.46. The van der Waals surface area contributed by atoms with Crippen molar-refractivity contribution in [2.75, 3.05) is 20.1 Å². The molecule has 0 aromatic carbocycles. The van der Waals surface area contributed by atoms with E-state index in [0.29, 0.717) is 5.92 Å². The zero-order chi connectivity index (χ0) is 18.4. The fourth-order valence-electron chi connectivity index (χ4n) is 3.94. The molecule has 1 saturated heterocycles. The molecule has 1 aromatic rings. The molecule has 2 fully saturated rings. The van der Waals surface area contributed by atoms with Gasteiger partial charge < -0.3 is 14.5 Å². The van der Waals surface area contributed by atoms with Crippen LogP contribution in [0.5, 0.6) is 5.75 Å². The highest BCUT2D eigenvalue weighted by Crippen LogP contribution is 2.47. The molecule has 0 bridgehead atoms. The number of likely N-dealkylation sites (N-methyl/N-ethyl adjacent to an activating group) is 1. The van der Waals surface area contributed by atoms with Crippen molar-refractivity contribution in [3.63, 3.8) is 0 Å². The Kier molecular flexibility index (Phi) is 4.43. The summed E-state index contributed by atoms with van der Waals surface area (Å²) in [4.78, 5) is 17.1. The van der Waals surface area contributed by atoms with Crippen molar-refractivity contribution in [2.45, 2.75) is 64.1 Å². The Morgan fingerprint density at radius 1 is 1.31 bits per heavy atom. The molecule has 0 amide bonds. The van der Waals surface area contributed by atoms with Gasteiger partial charge >= 0.3 is 0 Å². The van der Waals surface area contributed by atoms with Crippen LogP contribution in [0.1, 0.15) is 63.6 Å². The maximum absolute atomic E-state index is 6.51. The van der Waals surface area contributed by atoms with E-state index < -0.39 is 5.66 Å². The Balaban J connectivity index is 1.68. The van der Waals surface area contributed by atoms with Crippen LogP contribution in [0.4, 0.5) is 0 Å². The van der Waals surface area contributed by atoms with Gasteiger partial charge in [-0.15, -0.1) is 5.48 Å². The first kappa shape index (κ1) is 17.7. The van der Waals surface area contributed by atoms with Crippen LogP contribution in [0.3, 0.4) is 0 Å². The predicted molar refractivity (Wildman–Crippen MR) is 101 cm³/mol. The molecule has 4 rings (SSSR count). The summed E-state index contributed by atoms with van der Waals surface area (Å²) in [5, 5.41) is 0. The number of piperidine rings is 1. The van der Waals surface area contributed by atoms with Crippen molar-refractivity contribution in [2.24, 2.45) is 10.4 Å². The molecule has 6 nitrogen and oxygen atoms in total. The molecule has 142 valence electrons. The zero-order valence-electron chi connectivity index (χ0n) is 16.3. The Labute approximate surface area is 155 Å². The minimum atomic E-state index is -0.698. The number of rotatable bonds is 4. The number of nitrogens with one attached hydrogen (secondary N) is 1. The SMILES string of the molecule is CN1CCCC(Oc2cc(C3(C(C)(C)C)N=CON3)ncc2C2CC2)C1. The Morgan fingerprint density at radius 3 is 2.73 bits per heavy atom. The monoisotopic (exact) mass is 358 g/mol. The second-order valence-electron chi connectivity index (χ2n) is 8.94. The van der Waals surface area contributed by atoms with Gasteiger partial charge in [-0.25, -0.2) is 4.99 Å². The van der Waals surface area contributed by atoms with E-state index in [-0.39, 0.29) is 11.5 Å². The summed E-state index contributed by atoms with van der Waals surface area (Å²) >= 11 is 0. The summed E-state index contributed by atoms with van der Waals surface area (Å²) in [6, 6.07) is 2.09. The molecule has 2 aliphatic heterocycles. The lowest BCUT2D eigenvalue weighted by Gasteiger charge is -2.37. The smallest absolute Gasteiger partial charge is 0.198 e. The van der Waals surface area contributed by atoms with Crippen molar-refractivity contribution in [1.82, 2.24) is 15.4 Å². The number of hydrogen-bond acceptors (Lipinski definition) is 6. The first-order chi connectivity index (χ1) is 12.4. The minimum Gasteiger partial charge on any atom is -0.489 e. The molecular formula is C20H30N4O2. The molecule has 0 spiro atoms. The highest BCUT2D eigenvalue weighted by molar-refractivity contribution is 5.51. The number of pyridine rings is 1. The molecule has 3 heterocycles. The van der Waals surface area contributed by atoms with Crippen LogP contribution in [0, 0.1) is 5.41 Å². The molecule has 1 N–H and O–H groups in total. The Hall–Kier alpha value is -1.66. The zero-order valence-corrected chi connectivity index (χ0v) is 16.3. The third-order valence-electron chi connectivity index (χ3n) is 5.75. The van der Waals surface area contributed by atoms with Crippen molar-refractivity contribution < 1.29 is 9.57 Å².